The summed E-state index contributed by atoms with van der Waals surface area (Å²) in [5, 5.41) is 0. The van der Waals surface area contributed by atoms with Gasteiger partial charge in [-0.25, -0.2) is 0 Å². The highest BCUT2D eigenvalue weighted by molar-refractivity contribution is 9.10. The monoisotopic (exact) mass is 329 g/mol. The molecular weight excluding hydrogens is 314 g/mol. The molecule has 3 rings (SSSR count). The van der Waals surface area contributed by atoms with Crippen LogP contribution in [0.5, 0.6) is 0 Å². The molecule has 0 aromatic heterocycles. The molecular formula is C17H16BrNO. The summed E-state index contributed by atoms with van der Waals surface area (Å²) in [6.45, 7) is 2.80. The van der Waals surface area contributed by atoms with Gasteiger partial charge in [-0.05, 0) is 48.7 Å². The number of carbonyl (C=O) groups excluding carboxylic acids is 1. The molecule has 0 radical (unpaired) electrons. The second-order valence-electron chi connectivity index (χ2n) is 5.27. The van der Waals surface area contributed by atoms with Crippen molar-refractivity contribution in [2.24, 2.45) is 0 Å². The zero-order chi connectivity index (χ0) is 14.1. The summed E-state index contributed by atoms with van der Waals surface area (Å²) in [5.74, 6) is 0.115. The summed E-state index contributed by atoms with van der Waals surface area (Å²) < 4.78 is 1.07. The van der Waals surface area contributed by atoms with E-state index in [1.165, 1.54) is 11.1 Å². The molecule has 0 N–H and O–H groups in total. The number of hydrogen-bond donors (Lipinski definition) is 0. The Morgan fingerprint density at radius 3 is 2.65 bits per heavy atom. The molecule has 1 atom stereocenters. The van der Waals surface area contributed by atoms with Gasteiger partial charge >= 0.3 is 0 Å². The Labute approximate surface area is 127 Å². The van der Waals surface area contributed by atoms with E-state index in [2.05, 4.69) is 41.1 Å². The molecule has 0 spiro atoms. The lowest BCUT2D eigenvalue weighted by Crippen LogP contribution is -2.42. The average molecular weight is 330 g/mol. The zero-order valence-electron chi connectivity index (χ0n) is 11.3. The van der Waals surface area contributed by atoms with Gasteiger partial charge in [0.05, 0.1) is 0 Å². The predicted octanol–water partition coefficient (Wildman–Crippen LogP) is 4.04. The van der Waals surface area contributed by atoms with Gasteiger partial charge in [0.1, 0.15) is 0 Å². The van der Waals surface area contributed by atoms with Gasteiger partial charge in [-0.2, -0.15) is 0 Å². The summed E-state index contributed by atoms with van der Waals surface area (Å²) in [7, 11) is 0. The van der Waals surface area contributed by atoms with Gasteiger partial charge in [0, 0.05) is 22.6 Å². The molecule has 3 heteroatoms. The number of rotatable bonds is 1. The Bertz CT molecular complexity index is 639. The van der Waals surface area contributed by atoms with Crippen LogP contribution < -0.4 is 0 Å². The van der Waals surface area contributed by atoms with Gasteiger partial charge < -0.3 is 4.90 Å². The third kappa shape index (κ3) is 2.50. The minimum absolute atomic E-state index is 0.115. The minimum Gasteiger partial charge on any atom is -0.331 e. The molecule has 1 aliphatic rings. The molecule has 20 heavy (non-hydrogen) atoms. The van der Waals surface area contributed by atoms with Crippen molar-refractivity contribution in [1.29, 1.82) is 0 Å². The average Bonchev–Trinajstić information content (AvgIpc) is 2.47. The van der Waals surface area contributed by atoms with E-state index in [1.807, 2.05) is 35.2 Å². The number of hydrogen-bond acceptors (Lipinski definition) is 1. The fraction of sp³-hybridized carbons (Fsp3) is 0.235. The first-order chi connectivity index (χ1) is 9.65. The van der Waals surface area contributed by atoms with Crippen molar-refractivity contribution >= 4 is 21.8 Å². The molecule has 102 valence electrons. The zero-order valence-corrected chi connectivity index (χ0v) is 12.9. The molecule has 2 nitrogen and oxygen atoms in total. The van der Waals surface area contributed by atoms with E-state index in [4.69, 9.17) is 0 Å². The van der Waals surface area contributed by atoms with Crippen LogP contribution >= 0.6 is 15.9 Å². The Kier molecular flexibility index (Phi) is 3.62. The number of amides is 1. The standard InChI is InChI=1S/C17H16BrNO/c1-12-9-14-7-8-16(18)10-15(14)11-19(12)17(20)13-5-3-2-4-6-13/h2-8,10,12H,9,11H2,1H3. The fourth-order valence-electron chi connectivity index (χ4n) is 2.73. The van der Waals surface area contributed by atoms with Gasteiger partial charge in [-0.3, -0.25) is 4.79 Å². The highest BCUT2D eigenvalue weighted by atomic mass is 79.9. The van der Waals surface area contributed by atoms with Gasteiger partial charge in [-0.1, -0.05) is 40.2 Å². The summed E-state index contributed by atoms with van der Waals surface area (Å²) in [6, 6.07) is 16.1. The first kappa shape index (κ1) is 13.4. The van der Waals surface area contributed by atoms with E-state index in [0.717, 1.165) is 16.5 Å². The Morgan fingerprint density at radius 1 is 1.15 bits per heavy atom. The topological polar surface area (TPSA) is 20.3 Å². The molecule has 1 amide bonds. The molecule has 1 unspecified atom stereocenters. The van der Waals surface area contributed by atoms with E-state index >= 15 is 0 Å². The summed E-state index contributed by atoms with van der Waals surface area (Å²) in [5.41, 5.74) is 3.34. The van der Waals surface area contributed by atoms with Crippen LogP contribution in [-0.4, -0.2) is 16.8 Å². The van der Waals surface area contributed by atoms with Crippen molar-refractivity contribution in [3.8, 4) is 0 Å². The van der Waals surface area contributed by atoms with Gasteiger partial charge in [0.25, 0.3) is 5.91 Å². The molecule has 2 aromatic carbocycles. The van der Waals surface area contributed by atoms with Crippen LogP contribution in [0, 0.1) is 0 Å². The SMILES string of the molecule is CC1Cc2ccc(Br)cc2CN1C(=O)c1ccccc1. The minimum atomic E-state index is 0.115. The number of carbonyl (C=O) groups is 1. The molecule has 0 bridgehead atoms. The number of halogens is 1. The van der Waals surface area contributed by atoms with E-state index < -0.39 is 0 Å². The first-order valence-corrected chi connectivity index (χ1v) is 7.58. The molecule has 0 aliphatic carbocycles. The van der Waals surface area contributed by atoms with Crippen LogP contribution in [0.2, 0.25) is 0 Å². The third-order valence-electron chi connectivity index (χ3n) is 3.84. The molecule has 0 fully saturated rings. The Hall–Kier alpha value is -1.61. The number of benzene rings is 2. The summed E-state index contributed by atoms with van der Waals surface area (Å²) in [6.07, 6.45) is 0.918. The second-order valence-corrected chi connectivity index (χ2v) is 6.18. The third-order valence-corrected chi connectivity index (χ3v) is 4.33. The van der Waals surface area contributed by atoms with Gasteiger partial charge in [0.15, 0.2) is 0 Å². The smallest absolute Gasteiger partial charge is 0.254 e. The van der Waals surface area contributed by atoms with E-state index in [1.54, 1.807) is 0 Å². The van der Waals surface area contributed by atoms with Crippen molar-refractivity contribution in [2.45, 2.75) is 25.9 Å². The van der Waals surface area contributed by atoms with Crippen LogP contribution in [0.25, 0.3) is 0 Å². The lowest BCUT2D eigenvalue weighted by molar-refractivity contribution is 0.0658. The number of fused-ring (bicyclic) bond motifs is 1. The first-order valence-electron chi connectivity index (χ1n) is 6.78. The fourth-order valence-corrected chi connectivity index (χ4v) is 3.14. The second kappa shape index (κ2) is 5.41. The Morgan fingerprint density at radius 2 is 1.90 bits per heavy atom. The normalized spacial score (nSPS) is 17.7. The van der Waals surface area contributed by atoms with Crippen molar-refractivity contribution in [3.05, 3.63) is 69.7 Å². The van der Waals surface area contributed by atoms with Gasteiger partial charge in [0.2, 0.25) is 0 Å². The summed E-state index contributed by atoms with van der Waals surface area (Å²) in [4.78, 5) is 14.6. The lowest BCUT2D eigenvalue weighted by atomic mass is 9.94. The van der Waals surface area contributed by atoms with Crippen LogP contribution in [0.3, 0.4) is 0 Å². The molecule has 0 saturated carbocycles. The summed E-state index contributed by atoms with van der Waals surface area (Å²) >= 11 is 3.50. The maximum absolute atomic E-state index is 12.6. The molecule has 2 aromatic rings. The Balaban J connectivity index is 1.90. The largest absolute Gasteiger partial charge is 0.331 e. The number of nitrogens with zero attached hydrogens (tertiary/aromatic N) is 1. The van der Waals surface area contributed by atoms with E-state index in [0.29, 0.717) is 6.54 Å². The highest BCUT2D eigenvalue weighted by Gasteiger charge is 2.27. The van der Waals surface area contributed by atoms with Crippen molar-refractivity contribution in [1.82, 2.24) is 4.90 Å². The van der Waals surface area contributed by atoms with Crippen LogP contribution in [0.1, 0.15) is 28.4 Å². The van der Waals surface area contributed by atoms with Gasteiger partial charge in [-0.15, -0.1) is 0 Å². The maximum atomic E-state index is 12.6. The van der Waals surface area contributed by atoms with Crippen molar-refractivity contribution < 1.29 is 4.79 Å². The van der Waals surface area contributed by atoms with Crippen molar-refractivity contribution in [2.75, 3.05) is 0 Å². The van der Waals surface area contributed by atoms with E-state index in [9.17, 15) is 4.79 Å². The maximum Gasteiger partial charge on any atom is 0.254 e. The molecule has 1 aliphatic heterocycles. The van der Waals surface area contributed by atoms with E-state index in [-0.39, 0.29) is 11.9 Å². The quantitative estimate of drug-likeness (QED) is 0.773. The van der Waals surface area contributed by atoms with Crippen LogP contribution in [0.4, 0.5) is 0 Å². The van der Waals surface area contributed by atoms with Crippen molar-refractivity contribution in [3.63, 3.8) is 0 Å². The van der Waals surface area contributed by atoms with Crippen LogP contribution in [0.15, 0.2) is 53.0 Å². The van der Waals surface area contributed by atoms with Crippen LogP contribution in [-0.2, 0) is 13.0 Å². The highest BCUT2D eigenvalue weighted by Crippen LogP contribution is 2.27. The molecule has 0 saturated heterocycles. The molecule has 1 heterocycles. The predicted molar refractivity (Wildman–Crippen MR) is 83.6 cm³/mol. The lowest BCUT2D eigenvalue weighted by Gasteiger charge is -2.35.